The van der Waals surface area contributed by atoms with Gasteiger partial charge in [-0.15, -0.1) is 0 Å². The number of amides is 3. The van der Waals surface area contributed by atoms with Crippen LogP contribution in [0.15, 0.2) is 22.6 Å². The summed E-state index contributed by atoms with van der Waals surface area (Å²) in [5.41, 5.74) is -0.903. The van der Waals surface area contributed by atoms with E-state index < -0.39 is 48.4 Å². The van der Waals surface area contributed by atoms with Gasteiger partial charge < -0.3 is 43.6 Å². The van der Waals surface area contributed by atoms with Crippen LogP contribution in [0.5, 0.6) is 11.5 Å². The molecule has 1 aromatic carbocycles. The van der Waals surface area contributed by atoms with Crippen LogP contribution >= 0.6 is 0 Å². The maximum Gasteiger partial charge on any atom is 0.409 e. The number of carboxylic acids is 1. The van der Waals surface area contributed by atoms with E-state index in [1.807, 2.05) is 0 Å². The molecular weight excluding hydrogens is 602 g/mol. The van der Waals surface area contributed by atoms with Gasteiger partial charge >= 0.3 is 24.8 Å². The molecule has 0 spiro atoms. The number of aliphatic carboxylic acids is 1. The SMILES string of the molecule is COC(=O)N1CCN(C(=O)c2nc(-c3ccc(OC(F)F)c(OCC4CC4)c3)oc2C(C)NC(=O)OC(C)(C)C)C(C(=O)O)C1. The molecular formula is C29H36F2N4O10. The predicted octanol–water partition coefficient (Wildman–Crippen LogP) is 4.29. The molecule has 45 heavy (non-hydrogen) atoms. The molecule has 0 bridgehead atoms. The normalized spacial score (nSPS) is 17.5. The topological polar surface area (TPSA) is 170 Å². The number of rotatable bonds is 10. The average Bonchev–Trinajstić information content (AvgIpc) is 3.69. The Morgan fingerprint density at radius 3 is 2.47 bits per heavy atom. The number of halogens is 2. The maximum atomic E-state index is 13.9. The Kier molecular flexibility index (Phi) is 10.0. The largest absolute Gasteiger partial charge is 0.489 e. The lowest BCUT2D eigenvalue weighted by Gasteiger charge is -2.38. The smallest absolute Gasteiger partial charge is 0.409 e. The Morgan fingerprint density at radius 1 is 1.16 bits per heavy atom. The highest BCUT2D eigenvalue weighted by Gasteiger charge is 2.40. The van der Waals surface area contributed by atoms with E-state index in [1.165, 1.54) is 25.1 Å². The van der Waals surface area contributed by atoms with Gasteiger partial charge in [0.05, 0.1) is 26.3 Å². The van der Waals surface area contributed by atoms with Crippen LogP contribution < -0.4 is 14.8 Å². The van der Waals surface area contributed by atoms with Crippen LogP contribution in [0.25, 0.3) is 11.5 Å². The van der Waals surface area contributed by atoms with Crippen molar-refractivity contribution in [2.75, 3.05) is 33.4 Å². The molecule has 1 aromatic heterocycles. The van der Waals surface area contributed by atoms with Gasteiger partial charge in [-0.2, -0.15) is 8.78 Å². The highest BCUT2D eigenvalue weighted by Crippen LogP contribution is 2.37. The van der Waals surface area contributed by atoms with E-state index in [2.05, 4.69) is 15.0 Å². The first-order chi connectivity index (χ1) is 21.2. The second kappa shape index (κ2) is 13.6. The van der Waals surface area contributed by atoms with Crippen LogP contribution in [0.1, 0.15) is 62.8 Å². The first-order valence-corrected chi connectivity index (χ1v) is 14.3. The third kappa shape index (κ3) is 8.51. The Balaban J connectivity index is 1.71. The quantitative estimate of drug-likeness (QED) is 0.380. The van der Waals surface area contributed by atoms with E-state index in [0.29, 0.717) is 5.92 Å². The number of alkyl carbamates (subject to hydrolysis) is 1. The van der Waals surface area contributed by atoms with Gasteiger partial charge in [0.25, 0.3) is 5.91 Å². The van der Waals surface area contributed by atoms with Crippen LogP contribution in [-0.2, 0) is 14.3 Å². The molecule has 3 amide bonds. The molecule has 2 heterocycles. The number of hydrogen-bond acceptors (Lipinski definition) is 10. The number of carboxylic acid groups (broad SMARTS) is 1. The van der Waals surface area contributed by atoms with E-state index in [0.717, 1.165) is 29.8 Å². The number of ether oxygens (including phenoxy) is 4. The zero-order valence-electron chi connectivity index (χ0n) is 25.5. The fourth-order valence-corrected chi connectivity index (χ4v) is 4.56. The summed E-state index contributed by atoms with van der Waals surface area (Å²) in [6, 6.07) is 1.58. The standard InChI is InChI=1S/C29H36F2N4O10/c1-15(32-27(39)45-29(2,3)4)22-21(24(36)35-11-10-34(28(40)41-5)13-18(35)25(37)38)33-23(44-22)17-8-9-19(43-26(30)31)20(12-17)42-14-16-6-7-16/h8-9,12,15-16,18,26H,6-7,10-11,13-14H2,1-5H3,(H,32,39)(H,37,38). The van der Waals surface area contributed by atoms with Crippen molar-refractivity contribution in [2.24, 2.45) is 5.92 Å². The molecule has 1 saturated heterocycles. The maximum absolute atomic E-state index is 13.9. The molecule has 1 aliphatic carbocycles. The number of aromatic nitrogens is 1. The van der Waals surface area contributed by atoms with E-state index in [1.54, 1.807) is 20.8 Å². The first kappa shape index (κ1) is 33.3. The van der Waals surface area contributed by atoms with Gasteiger partial charge in [-0.25, -0.2) is 19.4 Å². The van der Waals surface area contributed by atoms with Crippen LogP contribution in [0.4, 0.5) is 18.4 Å². The van der Waals surface area contributed by atoms with Crippen molar-refractivity contribution in [1.29, 1.82) is 0 Å². The van der Waals surface area contributed by atoms with Crippen molar-refractivity contribution >= 4 is 24.1 Å². The molecule has 2 aromatic rings. The van der Waals surface area contributed by atoms with Crippen molar-refractivity contribution in [3.8, 4) is 23.0 Å². The number of hydrogen-bond donors (Lipinski definition) is 2. The highest BCUT2D eigenvalue weighted by atomic mass is 19.3. The number of carbonyl (C=O) groups is 4. The summed E-state index contributed by atoms with van der Waals surface area (Å²) < 4.78 is 52.5. The number of nitrogens with zero attached hydrogens (tertiary/aromatic N) is 3. The van der Waals surface area contributed by atoms with Crippen molar-refractivity contribution in [1.82, 2.24) is 20.1 Å². The lowest BCUT2D eigenvalue weighted by molar-refractivity contribution is -0.144. The van der Waals surface area contributed by atoms with E-state index in [-0.39, 0.29) is 60.6 Å². The minimum absolute atomic E-state index is 0.0112. The Labute approximate surface area is 257 Å². The summed E-state index contributed by atoms with van der Waals surface area (Å²) in [6.07, 6.45) is 0.345. The molecule has 14 nitrogen and oxygen atoms in total. The average molecular weight is 639 g/mol. The second-order valence-electron chi connectivity index (χ2n) is 11.7. The van der Waals surface area contributed by atoms with E-state index in [4.69, 9.17) is 18.6 Å². The Hall–Kier alpha value is -4.63. The Morgan fingerprint density at radius 2 is 1.87 bits per heavy atom. The molecule has 1 saturated carbocycles. The number of carbonyl (C=O) groups excluding carboxylic acids is 3. The second-order valence-corrected chi connectivity index (χ2v) is 11.7. The lowest BCUT2D eigenvalue weighted by atomic mass is 10.1. The molecule has 4 rings (SSSR count). The van der Waals surface area contributed by atoms with Gasteiger partial charge in [0.15, 0.2) is 23.0 Å². The third-order valence-electron chi connectivity index (χ3n) is 6.92. The number of alkyl halides is 2. The summed E-state index contributed by atoms with van der Waals surface area (Å²) in [6.45, 7) is 3.19. The van der Waals surface area contributed by atoms with Gasteiger partial charge in [-0.3, -0.25) is 4.79 Å². The third-order valence-corrected chi connectivity index (χ3v) is 6.92. The van der Waals surface area contributed by atoms with Gasteiger partial charge in [0, 0.05) is 18.7 Å². The number of methoxy groups -OCH3 is 1. The van der Waals surface area contributed by atoms with Gasteiger partial charge in [-0.1, -0.05) is 0 Å². The highest BCUT2D eigenvalue weighted by molar-refractivity contribution is 5.97. The van der Waals surface area contributed by atoms with Gasteiger partial charge in [0.1, 0.15) is 11.6 Å². The van der Waals surface area contributed by atoms with Crippen molar-refractivity contribution in [3.05, 3.63) is 29.7 Å². The number of piperazine rings is 1. The Bertz CT molecular complexity index is 1420. The molecule has 2 N–H and O–H groups in total. The summed E-state index contributed by atoms with van der Waals surface area (Å²) in [5, 5.41) is 12.5. The van der Waals surface area contributed by atoms with E-state index in [9.17, 15) is 33.1 Å². The molecule has 16 heteroatoms. The predicted molar refractivity (Wildman–Crippen MR) is 151 cm³/mol. The fraction of sp³-hybridized carbons (Fsp3) is 0.552. The molecule has 2 atom stereocenters. The molecule has 0 radical (unpaired) electrons. The van der Waals surface area contributed by atoms with Crippen molar-refractivity contribution in [3.63, 3.8) is 0 Å². The molecule has 2 aliphatic rings. The molecule has 2 unspecified atom stereocenters. The summed E-state index contributed by atoms with van der Waals surface area (Å²) >= 11 is 0. The molecule has 1 aliphatic heterocycles. The van der Waals surface area contributed by atoms with E-state index >= 15 is 0 Å². The van der Waals surface area contributed by atoms with Crippen molar-refractivity contribution in [2.45, 2.75) is 64.8 Å². The van der Waals surface area contributed by atoms with Crippen LogP contribution in [0, 0.1) is 5.92 Å². The first-order valence-electron chi connectivity index (χ1n) is 14.3. The minimum Gasteiger partial charge on any atom is -0.489 e. The van der Waals surface area contributed by atoms with Gasteiger partial charge in [0.2, 0.25) is 5.89 Å². The zero-order valence-corrected chi connectivity index (χ0v) is 25.5. The summed E-state index contributed by atoms with van der Waals surface area (Å²) in [5.74, 6) is -2.35. The van der Waals surface area contributed by atoms with Crippen molar-refractivity contribution < 1.29 is 56.4 Å². The monoisotopic (exact) mass is 638 g/mol. The van der Waals surface area contributed by atoms with Crippen LogP contribution in [-0.4, -0.2) is 95.6 Å². The summed E-state index contributed by atoms with van der Waals surface area (Å²) in [7, 11) is 1.16. The number of oxazole rings is 1. The van der Waals surface area contributed by atoms with Crippen LogP contribution in [0.2, 0.25) is 0 Å². The van der Waals surface area contributed by atoms with Gasteiger partial charge in [-0.05, 0) is 64.7 Å². The minimum atomic E-state index is -3.10. The number of nitrogens with one attached hydrogen (secondary N) is 1. The van der Waals surface area contributed by atoms with Crippen LogP contribution in [0.3, 0.4) is 0 Å². The summed E-state index contributed by atoms with van der Waals surface area (Å²) in [4.78, 5) is 57.3. The zero-order chi connectivity index (χ0) is 33.1. The molecule has 2 fully saturated rings. The fourth-order valence-electron chi connectivity index (χ4n) is 4.56. The lowest BCUT2D eigenvalue weighted by Crippen LogP contribution is -2.59. The number of benzene rings is 1. The molecule has 246 valence electrons.